The lowest BCUT2D eigenvalue weighted by molar-refractivity contribution is 0.102. The number of ether oxygens (including phenoxy) is 1. The number of aryl methyl sites for hydroxylation is 1. The fourth-order valence-electron chi connectivity index (χ4n) is 1.83. The zero-order chi connectivity index (χ0) is 15.2. The molecule has 0 saturated heterocycles. The minimum atomic E-state index is -0.296. The number of hydrogen-bond acceptors (Lipinski definition) is 5. The van der Waals surface area contributed by atoms with Crippen molar-refractivity contribution in [3.8, 4) is 5.75 Å². The molecule has 0 aliphatic carbocycles. The number of rotatable bonds is 5. The van der Waals surface area contributed by atoms with E-state index < -0.39 is 0 Å². The lowest BCUT2D eigenvalue weighted by Gasteiger charge is -2.10. The van der Waals surface area contributed by atoms with Crippen molar-refractivity contribution >= 4 is 17.4 Å². The van der Waals surface area contributed by atoms with Gasteiger partial charge in [0.1, 0.15) is 17.3 Å². The van der Waals surface area contributed by atoms with Crippen LogP contribution in [0.3, 0.4) is 0 Å². The molecule has 0 fully saturated rings. The summed E-state index contributed by atoms with van der Waals surface area (Å²) in [5.41, 5.74) is 1.90. The Morgan fingerprint density at radius 1 is 1.33 bits per heavy atom. The Labute approximate surface area is 123 Å². The summed E-state index contributed by atoms with van der Waals surface area (Å²) in [6.07, 6.45) is 3.02. The molecule has 1 aromatic heterocycles. The summed E-state index contributed by atoms with van der Waals surface area (Å²) in [5, 5.41) is 5.85. The number of anilines is 2. The molecule has 110 valence electrons. The highest BCUT2D eigenvalue weighted by Gasteiger charge is 2.11. The van der Waals surface area contributed by atoms with Gasteiger partial charge in [0.05, 0.1) is 19.5 Å². The van der Waals surface area contributed by atoms with E-state index in [1.54, 1.807) is 25.4 Å². The third-order valence-corrected chi connectivity index (χ3v) is 2.91. The fourth-order valence-corrected chi connectivity index (χ4v) is 1.83. The molecule has 0 bridgehead atoms. The van der Waals surface area contributed by atoms with E-state index in [2.05, 4.69) is 20.6 Å². The number of benzene rings is 1. The lowest BCUT2D eigenvalue weighted by atomic mass is 10.2. The Morgan fingerprint density at radius 3 is 2.81 bits per heavy atom. The van der Waals surface area contributed by atoms with Crippen LogP contribution in [0.25, 0.3) is 0 Å². The molecule has 6 heteroatoms. The molecule has 0 unspecified atom stereocenters. The molecule has 1 heterocycles. The van der Waals surface area contributed by atoms with Gasteiger partial charge in [0.2, 0.25) is 0 Å². The van der Waals surface area contributed by atoms with Gasteiger partial charge >= 0.3 is 0 Å². The first-order chi connectivity index (χ1) is 10.1. The Hall–Kier alpha value is -2.63. The van der Waals surface area contributed by atoms with E-state index in [0.717, 1.165) is 23.5 Å². The number of carbonyl (C=O) groups excluding carboxylic acids is 1. The van der Waals surface area contributed by atoms with Crippen molar-refractivity contribution < 1.29 is 9.53 Å². The third kappa shape index (κ3) is 3.68. The van der Waals surface area contributed by atoms with Crippen molar-refractivity contribution in [3.63, 3.8) is 0 Å². The second-order valence-corrected chi connectivity index (χ2v) is 4.45. The molecule has 6 nitrogen and oxygen atoms in total. The molecule has 0 spiro atoms. The predicted molar refractivity (Wildman–Crippen MR) is 81.9 cm³/mol. The molecule has 2 N–H and O–H groups in total. The minimum absolute atomic E-state index is 0.267. The number of amides is 1. The zero-order valence-electron chi connectivity index (χ0n) is 12.3. The van der Waals surface area contributed by atoms with E-state index in [1.165, 1.54) is 6.20 Å². The highest BCUT2D eigenvalue weighted by atomic mass is 16.5. The Morgan fingerprint density at radius 2 is 2.14 bits per heavy atom. The van der Waals surface area contributed by atoms with Crippen LogP contribution in [-0.2, 0) is 0 Å². The van der Waals surface area contributed by atoms with Crippen molar-refractivity contribution in [2.75, 3.05) is 24.3 Å². The van der Waals surface area contributed by atoms with Crippen molar-refractivity contribution in [3.05, 3.63) is 41.9 Å². The molecule has 2 rings (SSSR count). The van der Waals surface area contributed by atoms with Crippen molar-refractivity contribution in [2.45, 2.75) is 13.8 Å². The molecular weight excluding hydrogens is 268 g/mol. The molecule has 2 aromatic rings. The largest absolute Gasteiger partial charge is 0.497 e. The topological polar surface area (TPSA) is 76.1 Å². The first-order valence-electron chi connectivity index (χ1n) is 6.66. The van der Waals surface area contributed by atoms with E-state index >= 15 is 0 Å². The van der Waals surface area contributed by atoms with Gasteiger partial charge in [0, 0.05) is 12.2 Å². The predicted octanol–water partition coefficient (Wildman–Crippen LogP) is 2.48. The van der Waals surface area contributed by atoms with Crippen LogP contribution in [0.5, 0.6) is 5.75 Å². The molecule has 21 heavy (non-hydrogen) atoms. The van der Waals surface area contributed by atoms with Crippen molar-refractivity contribution in [1.82, 2.24) is 9.97 Å². The normalized spacial score (nSPS) is 10.0. The van der Waals surface area contributed by atoms with Crippen LogP contribution in [0.4, 0.5) is 11.5 Å². The van der Waals surface area contributed by atoms with E-state index in [9.17, 15) is 4.79 Å². The number of nitrogens with one attached hydrogen (secondary N) is 2. The smallest absolute Gasteiger partial charge is 0.275 e. The van der Waals surface area contributed by atoms with Gasteiger partial charge in [-0.3, -0.25) is 9.78 Å². The summed E-state index contributed by atoms with van der Waals surface area (Å²) >= 11 is 0. The molecule has 1 amide bonds. The van der Waals surface area contributed by atoms with Crippen LogP contribution >= 0.6 is 0 Å². The highest BCUT2D eigenvalue weighted by Crippen LogP contribution is 2.21. The second-order valence-electron chi connectivity index (χ2n) is 4.45. The van der Waals surface area contributed by atoms with E-state index in [0.29, 0.717) is 5.82 Å². The van der Waals surface area contributed by atoms with Gasteiger partial charge in [-0.25, -0.2) is 4.98 Å². The van der Waals surface area contributed by atoms with Gasteiger partial charge in [0.15, 0.2) is 0 Å². The maximum atomic E-state index is 12.2. The van der Waals surface area contributed by atoms with Crippen LogP contribution in [0.1, 0.15) is 23.0 Å². The van der Waals surface area contributed by atoms with Gasteiger partial charge in [-0.1, -0.05) is 0 Å². The Bertz CT molecular complexity index is 643. The van der Waals surface area contributed by atoms with Crippen LogP contribution in [0.15, 0.2) is 30.6 Å². The van der Waals surface area contributed by atoms with Gasteiger partial charge < -0.3 is 15.4 Å². The highest BCUT2D eigenvalue weighted by molar-refractivity contribution is 6.03. The molecular formula is C15H18N4O2. The maximum Gasteiger partial charge on any atom is 0.275 e. The molecule has 0 aliphatic rings. The summed E-state index contributed by atoms with van der Waals surface area (Å²) in [4.78, 5) is 20.4. The SMILES string of the molecule is CCNc1cncc(C(=O)Nc2ccc(OC)cc2C)n1. The number of aromatic nitrogens is 2. The number of nitrogens with zero attached hydrogens (tertiary/aromatic N) is 2. The van der Waals surface area contributed by atoms with Gasteiger partial charge in [-0.2, -0.15) is 0 Å². The van der Waals surface area contributed by atoms with Crippen LogP contribution < -0.4 is 15.4 Å². The minimum Gasteiger partial charge on any atom is -0.497 e. The molecule has 0 atom stereocenters. The monoisotopic (exact) mass is 286 g/mol. The Kier molecular flexibility index (Phi) is 4.71. The Balaban J connectivity index is 2.16. The summed E-state index contributed by atoms with van der Waals surface area (Å²) in [5.74, 6) is 1.03. The quantitative estimate of drug-likeness (QED) is 0.883. The van der Waals surface area contributed by atoms with E-state index in [1.807, 2.05) is 19.9 Å². The molecule has 0 saturated carbocycles. The maximum absolute atomic E-state index is 12.2. The first-order valence-corrected chi connectivity index (χ1v) is 6.66. The fraction of sp³-hybridized carbons (Fsp3) is 0.267. The number of hydrogen-bond donors (Lipinski definition) is 2. The lowest BCUT2D eigenvalue weighted by Crippen LogP contribution is -2.15. The summed E-state index contributed by atoms with van der Waals surface area (Å²) in [6, 6.07) is 5.45. The standard InChI is InChI=1S/C15H18N4O2/c1-4-17-14-9-16-8-13(18-14)15(20)19-12-6-5-11(21-3)7-10(12)2/h5-9H,4H2,1-3H3,(H,17,18)(H,19,20). The van der Waals surface area contributed by atoms with Gasteiger partial charge in [0.25, 0.3) is 5.91 Å². The summed E-state index contributed by atoms with van der Waals surface area (Å²) < 4.78 is 5.14. The van der Waals surface area contributed by atoms with Gasteiger partial charge in [-0.05, 0) is 37.6 Å². The van der Waals surface area contributed by atoms with E-state index in [-0.39, 0.29) is 11.6 Å². The molecule has 0 radical (unpaired) electrons. The van der Waals surface area contributed by atoms with Crippen LogP contribution in [0, 0.1) is 6.92 Å². The van der Waals surface area contributed by atoms with Crippen LogP contribution in [0.2, 0.25) is 0 Å². The number of methoxy groups -OCH3 is 1. The van der Waals surface area contributed by atoms with Crippen molar-refractivity contribution in [2.24, 2.45) is 0 Å². The summed E-state index contributed by atoms with van der Waals surface area (Å²) in [7, 11) is 1.61. The molecule has 0 aliphatic heterocycles. The van der Waals surface area contributed by atoms with E-state index in [4.69, 9.17) is 4.74 Å². The summed E-state index contributed by atoms with van der Waals surface area (Å²) in [6.45, 7) is 4.57. The zero-order valence-corrected chi connectivity index (χ0v) is 12.3. The molecule has 1 aromatic carbocycles. The van der Waals surface area contributed by atoms with Gasteiger partial charge in [-0.15, -0.1) is 0 Å². The number of carbonyl (C=O) groups is 1. The van der Waals surface area contributed by atoms with Crippen molar-refractivity contribution in [1.29, 1.82) is 0 Å². The average Bonchev–Trinajstić information content (AvgIpc) is 2.50. The second kappa shape index (κ2) is 6.69. The van der Waals surface area contributed by atoms with Crippen LogP contribution in [-0.4, -0.2) is 29.5 Å². The average molecular weight is 286 g/mol. The first kappa shape index (κ1) is 14.8. The third-order valence-electron chi connectivity index (χ3n) is 2.91.